The lowest BCUT2D eigenvalue weighted by atomic mass is 10.2. The average Bonchev–Trinajstić information content (AvgIpc) is 2.80. The molecule has 1 N–H and O–H groups in total. The minimum atomic E-state index is 0.135. The van der Waals surface area contributed by atoms with Crippen molar-refractivity contribution >= 4 is 17.0 Å². The van der Waals surface area contributed by atoms with E-state index in [1.165, 1.54) is 0 Å². The van der Waals surface area contributed by atoms with Crippen molar-refractivity contribution < 1.29 is 4.42 Å². The van der Waals surface area contributed by atoms with Crippen molar-refractivity contribution in [2.75, 3.05) is 5.32 Å². The maximum absolute atomic E-state index is 5.46. The Labute approximate surface area is 121 Å². The van der Waals surface area contributed by atoms with Gasteiger partial charge in [0.1, 0.15) is 5.82 Å². The Morgan fingerprint density at radius 1 is 1.19 bits per heavy atom. The molecule has 3 aromatic rings. The minimum absolute atomic E-state index is 0.135. The van der Waals surface area contributed by atoms with Gasteiger partial charge in [-0.3, -0.25) is 9.97 Å². The molecule has 3 heterocycles. The van der Waals surface area contributed by atoms with E-state index >= 15 is 0 Å². The van der Waals surface area contributed by atoms with Crippen LogP contribution in [0.4, 0.5) is 5.82 Å². The van der Waals surface area contributed by atoms with Crippen molar-refractivity contribution in [3.05, 3.63) is 36.0 Å². The quantitative estimate of drug-likeness (QED) is 0.784. The van der Waals surface area contributed by atoms with Gasteiger partial charge in [0.2, 0.25) is 0 Å². The van der Waals surface area contributed by atoms with Gasteiger partial charge in [0.15, 0.2) is 17.2 Å². The molecule has 0 aliphatic heterocycles. The van der Waals surface area contributed by atoms with Crippen LogP contribution in [0, 0.1) is 13.8 Å². The molecule has 0 fully saturated rings. The molecule has 3 aromatic heterocycles. The standard InChI is InChI=1S/C14H16N6O/c1-8(6-11-7-15-4-5-16-11)17-13-12-14(19-9(2)18-13)21-10(3)20-12/h4-5,7-8H,6H2,1-3H3,(H,17,18,19). The van der Waals surface area contributed by atoms with Crippen LogP contribution >= 0.6 is 0 Å². The fraction of sp³-hybridized carbons (Fsp3) is 0.357. The highest BCUT2D eigenvalue weighted by molar-refractivity contribution is 5.81. The Kier molecular flexibility index (Phi) is 3.47. The number of nitrogens with one attached hydrogen (secondary N) is 1. The van der Waals surface area contributed by atoms with Gasteiger partial charge in [0, 0.05) is 38.0 Å². The van der Waals surface area contributed by atoms with Gasteiger partial charge < -0.3 is 9.73 Å². The first-order valence-electron chi connectivity index (χ1n) is 6.75. The molecule has 0 saturated carbocycles. The highest BCUT2D eigenvalue weighted by Gasteiger charge is 2.14. The van der Waals surface area contributed by atoms with Crippen molar-refractivity contribution in [1.29, 1.82) is 0 Å². The normalized spacial score (nSPS) is 12.5. The number of aryl methyl sites for hydroxylation is 2. The summed E-state index contributed by atoms with van der Waals surface area (Å²) in [5, 5.41) is 3.35. The highest BCUT2D eigenvalue weighted by Crippen LogP contribution is 2.21. The first-order chi connectivity index (χ1) is 10.1. The molecule has 3 rings (SSSR count). The van der Waals surface area contributed by atoms with E-state index in [1.807, 2.05) is 6.92 Å². The van der Waals surface area contributed by atoms with Gasteiger partial charge in [-0.1, -0.05) is 0 Å². The van der Waals surface area contributed by atoms with E-state index in [0.717, 1.165) is 12.1 Å². The number of fused-ring (bicyclic) bond motifs is 1. The third kappa shape index (κ3) is 2.96. The molecule has 0 aliphatic rings. The van der Waals surface area contributed by atoms with Crippen LogP contribution in [0.3, 0.4) is 0 Å². The third-order valence-corrected chi connectivity index (χ3v) is 2.99. The lowest BCUT2D eigenvalue weighted by molar-refractivity contribution is 0.550. The monoisotopic (exact) mass is 284 g/mol. The predicted octanol–water partition coefficient (Wildman–Crippen LogP) is 2.07. The van der Waals surface area contributed by atoms with E-state index in [9.17, 15) is 0 Å². The van der Waals surface area contributed by atoms with Gasteiger partial charge >= 0.3 is 0 Å². The van der Waals surface area contributed by atoms with Crippen molar-refractivity contribution in [2.24, 2.45) is 0 Å². The van der Waals surface area contributed by atoms with Crippen LogP contribution in [-0.2, 0) is 6.42 Å². The largest absolute Gasteiger partial charge is 0.422 e. The average molecular weight is 284 g/mol. The molecular formula is C14H16N6O. The fourth-order valence-electron chi connectivity index (χ4n) is 2.17. The molecule has 0 aliphatic carbocycles. The molecule has 7 heteroatoms. The number of nitrogens with zero attached hydrogens (tertiary/aromatic N) is 5. The molecule has 0 aromatic carbocycles. The van der Waals surface area contributed by atoms with Crippen LogP contribution in [0.2, 0.25) is 0 Å². The Balaban J connectivity index is 1.84. The van der Waals surface area contributed by atoms with Crippen LogP contribution in [0.5, 0.6) is 0 Å². The summed E-state index contributed by atoms with van der Waals surface area (Å²) in [7, 11) is 0. The van der Waals surface area contributed by atoms with Crippen LogP contribution < -0.4 is 5.32 Å². The molecule has 0 spiro atoms. The summed E-state index contributed by atoms with van der Waals surface area (Å²) in [5.74, 6) is 1.91. The SMILES string of the molecule is Cc1nc(NC(C)Cc2cnccn2)c2nc(C)oc2n1. The molecule has 108 valence electrons. The van der Waals surface area contributed by atoms with Crippen molar-refractivity contribution in [3.63, 3.8) is 0 Å². The van der Waals surface area contributed by atoms with Gasteiger partial charge in [0.25, 0.3) is 5.71 Å². The van der Waals surface area contributed by atoms with E-state index in [-0.39, 0.29) is 6.04 Å². The van der Waals surface area contributed by atoms with Gasteiger partial charge in [-0.05, 0) is 13.8 Å². The molecule has 1 atom stereocenters. The number of anilines is 1. The lowest BCUT2D eigenvalue weighted by Gasteiger charge is -2.14. The summed E-state index contributed by atoms with van der Waals surface area (Å²) in [6.07, 6.45) is 5.86. The zero-order valence-electron chi connectivity index (χ0n) is 12.2. The maximum Gasteiger partial charge on any atom is 0.252 e. The second-order valence-corrected chi connectivity index (χ2v) is 4.95. The van der Waals surface area contributed by atoms with Crippen molar-refractivity contribution in [1.82, 2.24) is 24.9 Å². The zero-order valence-corrected chi connectivity index (χ0v) is 12.2. The summed E-state index contributed by atoms with van der Waals surface area (Å²) in [5.41, 5.74) is 2.09. The summed E-state index contributed by atoms with van der Waals surface area (Å²) in [6, 6.07) is 0.135. The summed E-state index contributed by atoms with van der Waals surface area (Å²) < 4.78 is 5.46. The maximum atomic E-state index is 5.46. The molecule has 7 nitrogen and oxygen atoms in total. The second kappa shape index (κ2) is 5.43. The number of rotatable bonds is 4. The topological polar surface area (TPSA) is 89.6 Å². The van der Waals surface area contributed by atoms with Crippen LogP contribution in [0.15, 0.2) is 23.0 Å². The lowest BCUT2D eigenvalue weighted by Crippen LogP contribution is -2.20. The van der Waals surface area contributed by atoms with E-state index in [4.69, 9.17) is 4.42 Å². The number of hydrogen-bond donors (Lipinski definition) is 1. The Hall–Kier alpha value is -2.57. The predicted molar refractivity (Wildman–Crippen MR) is 77.9 cm³/mol. The first kappa shape index (κ1) is 13.4. The van der Waals surface area contributed by atoms with E-state index < -0.39 is 0 Å². The molecular weight excluding hydrogens is 268 g/mol. The fourth-order valence-corrected chi connectivity index (χ4v) is 2.17. The first-order valence-corrected chi connectivity index (χ1v) is 6.75. The Bertz CT molecular complexity index is 755. The molecule has 0 saturated heterocycles. The van der Waals surface area contributed by atoms with E-state index in [0.29, 0.717) is 28.8 Å². The smallest absolute Gasteiger partial charge is 0.252 e. The van der Waals surface area contributed by atoms with E-state index in [1.54, 1.807) is 25.5 Å². The minimum Gasteiger partial charge on any atom is -0.422 e. The summed E-state index contributed by atoms with van der Waals surface area (Å²) >= 11 is 0. The van der Waals surface area contributed by atoms with Crippen LogP contribution in [0.25, 0.3) is 11.2 Å². The van der Waals surface area contributed by atoms with E-state index in [2.05, 4.69) is 37.2 Å². The Morgan fingerprint density at radius 3 is 2.81 bits per heavy atom. The van der Waals surface area contributed by atoms with Crippen LogP contribution in [-0.4, -0.2) is 31.0 Å². The summed E-state index contributed by atoms with van der Waals surface area (Å²) in [4.78, 5) is 21.3. The van der Waals surface area contributed by atoms with Gasteiger partial charge in [0.05, 0.1) is 5.69 Å². The van der Waals surface area contributed by atoms with Crippen molar-refractivity contribution in [3.8, 4) is 0 Å². The molecule has 0 radical (unpaired) electrons. The molecule has 0 amide bonds. The Morgan fingerprint density at radius 2 is 2.05 bits per heavy atom. The van der Waals surface area contributed by atoms with Gasteiger partial charge in [-0.2, -0.15) is 4.98 Å². The number of aromatic nitrogens is 5. The zero-order chi connectivity index (χ0) is 14.8. The molecule has 1 unspecified atom stereocenters. The molecule has 21 heavy (non-hydrogen) atoms. The highest BCUT2D eigenvalue weighted by atomic mass is 16.4. The summed E-state index contributed by atoms with van der Waals surface area (Å²) in [6.45, 7) is 5.69. The van der Waals surface area contributed by atoms with Gasteiger partial charge in [-0.15, -0.1) is 0 Å². The number of oxazole rings is 1. The second-order valence-electron chi connectivity index (χ2n) is 4.95. The molecule has 0 bridgehead atoms. The van der Waals surface area contributed by atoms with Gasteiger partial charge in [-0.25, -0.2) is 9.97 Å². The van der Waals surface area contributed by atoms with Crippen LogP contribution in [0.1, 0.15) is 24.3 Å². The third-order valence-electron chi connectivity index (χ3n) is 2.99. The van der Waals surface area contributed by atoms with Crippen molar-refractivity contribution in [2.45, 2.75) is 33.2 Å². The number of hydrogen-bond acceptors (Lipinski definition) is 7.